The van der Waals surface area contributed by atoms with Gasteiger partial charge < -0.3 is 19.7 Å². The first-order valence-corrected chi connectivity index (χ1v) is 16.9. The van der Waals surface area contributed by atoms with Gasteiger partial charge in [0.05, 0.1) is 13.2 Å². The topological polar surface area (TPSA) is 117 Å². The van der Waals surface area contributed by atoms with Crippen LogP contribution in [0.4, 0.5) is 21.0 Å². The summed E-state index contributed by atoms with van der Waals surface area (Å²) in [6.07, 6.45) is 1.84. The number of para-hydroxylation sites is 2. The van der Waals surface area contributed by atoms with Gasteiger partial charge >= 0.3 is 12.2 Å². The molecule has 0 fully saturated rings. The lowest BCUT2D eigenvalue weighted by molar-refractivity contribution is 0.159. The minimum atomic E-state index is -0.500. The van der Waals surface area contributed by atoms with E-state index in [2.05, 4.69) is 52.2 Å². The fraction of sp³-hybridized carbons (Fsp3) is 0.366. The molecule has 0 radical (unpaired) electrons. The zero-order chi connectivity index (χ0) is 35.6. The Morgan fingerprint density at radius 3 is 1.31 bits per heavy atom. The van der Waals surface area contributed by atoms with Crippen molar-refractivity contribution in [1.82, 2.24) is 0 Å². The third-order valence-corrected chi connectivity index (χ3v) is 8.22. The van der Waals surface area contributed by atoms with Crippen molar-refractivity contribution >= 4 is 23.6 Å². The average Bonchev–Trinajstić information content (AvgIpc) is 3.04. The summed E-state index contributed by atoms with van der Waals surface area (Å²) in [6.45, 7) is 12.9. The first kappa shape index (κ1) is 36.8. The summed E-state index contributed by atoms with van der Waals surface area (Å²) in [6, 6.07) is 26.3. The molecule has 0 unspecified atom stereocenters. The van der Waals surface area contributed by atoms with Gasteiger partial charge in [0, 0.05) is 17.8 Å². The molecule has 0 aliphatic rings. The highest BCUT2D eigenvalue weighted by Crippen LogP contribution is 2.40. The number of aromatic hydroxyl groups is 2. The molecule has 0 spiro atoms. The van der Waals surface area contributed by atoms with Gasteiger partial charge in [0.2, 0.25) is 0 Å². The number of hydrogen-bond donors (Lipinski definition) is 4. The monoisotopic (exact) mass is 666 g/mol. The predicted molar refractivity (Wildman–Crippen MR) is 196 cm³/mol. The van der Waals surface area contributed by atoms with Crippen molar-refractivity contribution in [3.05, 3.63) is 118 Å². The van der Waals surface area contributed by atoms with Gasteiger partial charge in [-0.2, -0.15) is 0 Å². The third kappa shape index (κ3) is 11.0. The molecule has 2 amide bonds. The van der Waals surface area contributed by atoms with Crippen molar-refractivity contribution in [3.63, 3.8) is 0 Å². The number of phenolic OH excluding ortho intramolecular Hbond substituents is 2. The number of amides is 2. The van der Waals surface area contributed by atoms with Crippen molar-refractivity contribution in [1.29, 1.82) is 0 Å². The molecule has 4 N–H and O–H groups in total. The minimum absolute atomic E-state index is 0.217. The zero-order valence-corrected chi connectivity index (χ0v) is 29.6. The second kappa shape index (κ2) is 16.4. The summed E-state index contributed by atoms with van der Waals surface area (Å²) >= 11 is 0. The number of benzene rings is 4. The molecular weight excluding hydrogens is 616 g/mol. The predicted octanol–water partition coefficient (Wildman–Crippen LogP) is 9.65. The molecular formula is C41H50N2O6. The van der Waals surface area contributed by atoms with Crippen LogP contribution in [0.2, 0.25) is 0 Å². The summed E-state index contributed by atoms with van der Waals surface area (Å²) in [5.41, 5.74) is 5.81. The molecule has 0 aromatic heterocycles. The van der Waals surface area contributed by atoms with Crippen molar-refractivity contribution in [2.45, 2.75) is 84.5 Å². The standard InChI is InChI=1S/C41H50N2O6/c1-40(2,3)34-25-28(15-13-21-48-38(46)42-32-17-9-7-10-18-32)23-30(36(34)44)27-31-24-29(26-35(37(31)45)41(4,5)6)16-14-22-49-39(47)43-33-19-11-8-12-20-33/h7-12,17-20,23-26,44-45H,13-16,21-22,27H2,1-6H3,(H,42,46)(H,43,47). The van der Waals surface area contributed by atoms with E-state index in [0.29, 0.717) is 43.5 Å². The number of anilines is 2. The van der Waals surface area contributed by atoms with Gasteiger partial charge in [0.15, 0.2) is 0 Å². The zero-order valence-electron chi connectivity index (χ0n) is 29.6. The number of aryl methyl sites for hydroxylation is 2. The lowest BCUT2D eigenvalue weighted by Crippen LogP contribution is -2.16. The van der Waals surface area contributed by atoms with E-state index in [1.54, 1.807) is 24.3 Å². The van der Waals surface area contributed by atoms with Crippen LogP contribution < -0.4 is 10.6 Å². The van der Waals surface area contributed by atoms with Crippen molar-refractivity contribution in [2.24, 2.45) is 0 Å². The summed E-state index contributed by atoms with van der Waals surface area (Å²) in [5, 5.41) is 28.5. The molecule has 0 atom stereocenters. The van der Waals surface area contributed by atoms with Gasteiger partial charge in [0.25, 0.3) is 0 Å². The Morgan fingerprint density at radius 2 is 0.959 bits per heavy atom. The number of ether oxygens (including phenoxy) is 2. The van der Waals surface area contributed by atoms with Gasteiger partial charge in [0.1, 0.15) is 11.5 Å². The lowest BCUT2D eigenvalue weighted by Gasteiger charge is -2.25. The molecule has 0 aliphatic heterocycles. The van der Waals surface area contributed by atoms with Gasteiger partial charge in [-0.15, -0.1) is 0 Å². The van der Waals surface area contributed by atoms with Crippen LogP contribution in [0.15, 0.2) is 84.9 Å². The highest BCUT2D eigenvalue weighted by Gasteiger charge is 2.25. The molecule has 0 heterocycles. The quantitative estimate of drug-likeness (QED) is 0.112. The first-order valence-electron chi connectivity index (χ1n) is 16.9. The van der Waals surface area contributed by atoms with E-state index in [1.165, 1.54) is 0 Å². The van der Waals surface area contributed by atoms with Crippen LogP contribution in [0.3, 0.4) is 0 Å². The highest BCUT2D eigenvalue weighted by molar-refractivity contribution is 5.85. The highest BCUT2D eigenvalue weighted by atomic mass is 16.6. The maximum absolute atomic E-state index is 12.2. The SMILES string of the molecule is CC(C)(C)c1cc(CCCOC(=O)Nc2ccccc2)cc(Cc2cc(CCCOC(=O)Nc3ccccc3)cc(C(C)(C)C)c2O)c1O. The van der Waals surface area contributed by atoms with E-state index in [4.69, 9.17) is 9.47 Å². The Kier molecular flexibility index (Phi) is 12.3. The Labute approximate surface area is 290 Å². The van der Waals surface area contributed by atoms with E-state index in [9.17, 15) is 19.8 Å². The Hall–Kier alpha value is -4.98. The van der Waals surface area contributed by atoms with Crippen LogP contribution in [0, 0.1) is 0 Å². The Bertz CT molecular complexity index is 1580. The third-order valence-electron chi connectivity index (χ3n) is 8.22. The molecule has 8 nitrogen and oxygen atoms in total. The van der Waals surface area contributed by atoms with Gasteiger partial charge in [-0.05, 0) is 94.2 Å². The molecule has 4 aromatic rings. The van der Waals surface area contributed by atoms with Crippen molar-refractivity contribution in [2.75, 3.05) is 23.8 Å². The van der Waals surface area contributed by atoms with Crippen molar-refractivity contribution < 1.29 is 29.3 Å². The summed E-state index contributed by atoms with van der Waals surface area (Å²) in [5.74, 6) is 0.435. The maximum Gasteiger partial charge on any atom is 0.411 e. The first-order chi connectivity index (χ1) is 23.2. The second-order valence-corrected chi connectivity index (χ2v) is 14.4. The lowest BCUT2D eigenvalue weighted by atomic mass is 9.81. The largest absolute Gasteiger partial charge is 0.507 e. The Morgan fingerprint density at radius 1 is 0.592 bits per heavy atom. The number of nitrogens with one attached hydrogen (secondary N) is 2. The summed E-state index contributed by atoms with van der Waals surface area (Å²) < 4.78 is 10.8. The number of rotatable bonds is 12. The van der Waals surface area contributed by atoms with Gasteiger partial charge in [-0.3, -0.25) is 10.6 Å². The number of hydrogen-bond acceptors (Lipinski definition) is 6. The van der Waals surface area contributed by atoms with Gasteiger partial charge in [-0.25, -0.2) is 9.59 Å². The molecule has 4 aromatic carbocycles. The molecule has 8 heteroatoms. The number of carbonyl (C=O) groups excluding carboxylic acids is 2. The smallest absolute Gasteiger partial charge is 0.411 e. The maximum atomic E-state index is 12.2. The van der Waals surface area contributed by atoms with E-state index in [1.807, 2.05) is 60.7 Å². The fourth-order valence-corrected chi connectivity index (χ4v) is 5.66. The molecule has 49 heavy (non-hydrogen) atoms. The van der Waals surface area contributed by atoms with Crippen LogP contribution >= 0.6 is 0 Å². The molecule has 0 saturated carbocycles. The normalized spacial score (nSPS) is 11.6. The fourth-order valence-electron chi connectivity index (χ4n) is 5.66. The van der Waals surface area contributed by atoms with Crippen molar-refractivity contribution in [3.8, 4) is 11.5 Å². The number of carbonyl (C=O) groups is 2. The van der Waals surface area contributed by atoms with Crippen LogP contribution in [-0.4, -0.2) is 35.6 Å². The van der Waals surface area contributed by atoms with Crippen LogP contribution in [0.5, 0.6) is 11.5 Å². The summed E-state index contributed by atoms with van der Waals surface area (Å²) in [4.78, 5) is 24.5. The number of phenols is 2. The summed E-state index contributed by atoms with van der Waals surface area (Å²) in [7, 11) is 0. The van der Waals surface area contributed by atoms with E-state index < -0.39 is 12.2 Å². The second-order valence-electron chi connectivity index (χ2n) is 14.4. The van der Waals surface area contributed by atoms with E-state index in [0.717, 1.165) is 33.4 Å². The van der Waals surface area contributed by atoms with Gasteiger partial charge in [-0.1, -0.05) is 102 Å². The van der Waals surface area contributed by atoms with Crippen LogP contribution in [0.25, 0.3) is 0 Å². The Balaban J connectivity index is 1.47. The van der Waals surface area contributed by atoms with E-state index >= 15 is 0 Å². The molecule has 4 rings (SSSR count). The van der Waals surface area contributed by atoms with Crippen LogP contribution in [0.1, 0.15) is 87.8 Å². The minimum Gasteiger partial charge on any atom is -0.507 e. The molecule has 0 aliphatic carbocycles. The average molecular weight is 667 g/mol. The van der Waals surface area contributed by atoms with E-state index in [-0.39, 0.29) is 35.5 Å². The van der Waals surface area contributed by atoms with Crippen LogP contribution in [-0.2, 0) is 39.6 Å². The molecule has 0 bridgehead atoms. The molecule has 260 valence electrons. The molecule has 0 saturated heterocycles.